The molecule has 0 saturated heterocycles. The molecule has 0 radical (unpaired) electrons. The van der Waals surface area contributed by atoms with Gasteiger partial charge >= 0.3 is 0 Å². The van der Waals surface area contributed by atoms with Crippen LogP contribution in [-0.4, -0.2) is 23.5 Å². The van der Waals surface area contributed by atoms with Crippen molar-refractivity contribution >= 4 is 40.1 Å². The molecule has 0 fully saturated rings. The van der Waals surface area contributed by atoms with E-state index in [0.717, 1.165) is 17.3 Å². The molecule has 3 nitrogen and oxygen atoms in total. The molecule has 1 rings (SSSR count). The van der Waals surface area contributed by atoms with Crippen LogP contribution in [0.15, 0.2) is 24.3 Å². The van der Waals surface area contributed by atoms with Crippen molar-refractivity contribution in [2.24, 2.45) is 0 Å². The molecule has 0 saturated carbocycles. The minimum absolute atomic E-state index is 0.0323. The Labute approximate surface area is 120 Å². The van der Waals surface area contributed by atoms with Crippen LogP contribution in [0.4, 0.5) is 0 Å². The van der Waals surface area contributed by atoms with Gasteiger partial charge in [0.25, 0.3) is 5.91 Å². The third-order valence-electron chi connectivity index (χ3n) is 2.05. The zero-order valence-corrected chi connectivity index (χ0v) is 12.3. The van der Waals surface area contributed by atoms with Crippen LogP contribution in [0.1, 0.15) is 12.8 Å². The third kappa shape index (κ3) is 6.73. The summed E-state index contributed by atoms with van der Waals surface area (Å²) >= 11 is 8.12. The molecule has 94 valence electrons. The van der Waals surface area contributed by atoms with E-state index < -0.39 is 0 Å². The summed E-state index contributed by atoms with van der Waals surface area (Å²) in [7, 11) is 0. The van der Waals surface area contributed by atoms with E-state index in [0.29, 0.717) is 17.3 Å². The van der Waals surface area contributed by atoms with Crippen molar-refractivity contribution in [2.45, 2.75) is 12.8 Å². The van der Waals surface area contributed by atoms with Crippen LogP contribution in [0.25, 0.3) is 0 Å². The molecule has 1 aromatic rings. The molecule has 0 aliphatic carbocycles. The Morgan fingerprint density at radius 2 is 2.24 bits per heavy atom. The van der Waals surface area contributed by atoms with E-state index >= 15 is 0 Å². The average molecular weight is 368 g/mol. The summed E-state index contributed by atoms with van der Waals surface area (Å²) in [4.78, 5) is 11.4. The van der Waals surface area contributed by atoms with Gasteiger partial charge in [-0.3, -0.25) is 4.79 Å². The maximum atomic E-state index is 11.4. The van der Waals surface area contributed by atoms with Crippen LogP contribution in [0, 0.1) is 0 Å². The Morgan fingerprint density at radius 3 is 2.94 bits per heavy atom. The molecule has 0 aliphatic heterocycles. The Hall–Kier alpha value is -0.490. The van der Waals surface area contributed by atoms with Crippen LogP contribution in [0.2, 0.25) is 5.02 Å². The quantitative estimate of drug-likeness (QED) is 0.457. The number of halogens is 2. The normalized spacial score (nSPS) is 10.0. The molecule has 1 amide bonds. The van der Waals surface area contributed by atoms with Crippen molar-refractivity contribution in [2.75, 3.05) is 17.6 Å². The molecule has 0 spiro atoms. The third-order valence-corrected chi connectivity index (χ3v) is 3.05. The second-order valence-electron chi connectivity index (χ2n) is 3.49. The Kier molecular flexibility index (Phi) is 7.35. The number of ether oxygens (including phenoxy) is 1. The lowest BCUT2D eigenvalue weighted by molar-refractivity contribution is -0.123. The lowest BCUT2D eigenvalue weighted by atomic mass is 10.3. The number of alkyl halides is 1. The molecule has 0 heterocycles. The minimum Gasteiger partial charge on any atom is -0.484 e. The molecule has 0 bridgehead atoms. The van der Waals surface area contributed by atoms with Crippen LogP contribution >= 0.6 is 34.2 Å². The summed E-state index contributed by atoms with van der Waals surface area (Å²) in [6, 6.07) is 7.01. The summed E-state index contributed by atoms with van der Waals surface area (Å²) < 4.78 is 6.43. The van der Waals surface area contributed by atoms with E-state index in [9.17, 15) is 4.79 Å². The number of hydrogen-bond acceptors (Lipinski definition) is 2. The first-order valence-corrected chi connectivity index (χ1v) is 7.34. The molecular weight excluding hydrogens is 352 g/mol. The van der Waals surface area contributed by atoms with Gasteiger partial charge in [0.05, 0.1) is 0 Å². The fourth-order valence-corrected chi connectivity index (χ4v) is 1.92. The van der Waals surface area contributed by atoms with E-state index in [1.54, 1.807) is 24.3 Å². The zero-order valence-electron chi connectivity index (χ0n) is 9.42. The number of rotatable bonds is 7. The molecule has 0 atom stereocenters. The van der Waals surface area contributed by atoms with Gasteiger partial charge in [-0.05, 0) is 35.5 Å². The molecular formula is C12H15ClINO2. The molecule has 0 aromatic heterocycles. The number of amides is 1. The van der Waals surface area contributed by atoms with E-state index in [2.05, 4.69) is 27.9 Å². The average Bonchev–Trinajstić information content (AvgIpc) is 2.32. The van der Waals surface area contributed by atoms with Crippen molar-refractivity contribution in [3.05, 3.63) is 29.3 Å². The zero-order chi connectivity index (χ0) is 12.5. The fraction of sp³-hybridized carbons (Fsp3) is 0.417. The second-order valence-corrected chi connectivity index (χ2v) is 5.01. The van der Waals surface area contributed by atoms with Gasteiger partial charge in [0.1, 0.15) is 5.75 Å². The molecule has 0 aliphatic rings. The van der Waals surface area contributed by atoms with Crippen molar-refractivity contribution in [3.8, 4) is 5.75 Å². The van der Waals surface area contributed by atoms with Gasteiger partial charge in [-0.1, -0.05) is 40.3 Å². The Balaban J connectivity index is 2.19. The number of unbranched alkanes of at least 4 members (excludes halogenated alkanes) is 1. The predicted molar refractivity (Wildman–Crippen MR) is 78.1 cm³/mol. The lowest BCUT2D eigenvalue weighted by Crippen LogP contribution is -2.29. The van der Waals surface area contributed by atoms with Crippen LogP contribution in [-0.2, 0) is 4.79 Å². The first kappa shape index (κ1) is 14.6. The summed E-state index contributed by atoms with van der Waals surface area (Å²) in [5.74, 6) is 0.512. The van der Waals surface area contributed by atoms with Gasteiger partial charge in [-0.25, -0.2) is 0 Å². The van der Waals surface area contributed by atoms with Gasteiger partial charge < -0.3 is 10.1 Å². The molecule has 0 unspecified atom stereocenters. The Morgan fingerprint density at radius 1 is 1.41 bits per heavy atom. The van der Waals surface area contributed by atoms with Crippen molar-refractivity contribution < 1.29 is 9.53 Å². The lowest BCUT2D eigenvalue weighted by Gasteiger charge is -2.07. The standard InChI is InChI=1S/C12H15ClINO2/c13-10-4-3-5-11(8-10)17-9-12(16)15-7-2-1-6-14/h3-5,8H,1-2,6-7,9H2,(H,15,16). The maximum absolute atomic E-state index is 11.4. The van der Waals surface area contributed by atoms with Gasteiger partial charge in [-0.2, -0.15) is 0 Å². The van der Waals surface area contributed by atoms with Gasteiger partial charge in [-0.15, -0.1) is 0 Å². The van der Waals surface area contributed by atoms with Gasteiger partial charge in [0.15, 0.2) is 6.61 Å². The number of hydrogen-bond donors (Lipinski definition) is 1. The van der Waals surface area contributed by atoms with Crippen LogP contribution in [0.3, 0.4) is 0 Å². The van der Waals surface area contributed by atoms with E-state index in [1.165, 1.54) is 0 Å². The number of benzene rings is 1. The largest absolute Gasteiger partial charge is 0.484 e. The van der Waals surface area contributed by atoms with Crippen molar-refractivity contribution in [1.82, 2.24) is 5.32 Å². The molecule has 17 heavy (non-hydrogen) atoms. The number of nitrogens with one attached hydrogen (secondary N) is 1. The number of carbonyl (C=O) groups is 1. The monoisotopic (exact) mass is 367 g/mol. The van der Waals surface area contributed by atoms with Crippen LogP contribution in [0.5, 0.6) is 5.75 Å². The smallest absolute Gasteiger partial charge is 0.257 e. The first-order chi connectivity index (χ1) is 8.22. The molecule has 1 N–H and O–H groups in total. The van der Waals surface area contributed by atoms with E-state index in [-0.39, 0.29) is 12.5 Å². The summed E-state index contributed by atoms with van der Waals surface area (Å²) in [6.45, 7) is 0.741. The second kappa shape index (κ2) is 8.58. The summed E-state index contributed by atoms with van der Waals surface area (Å²) in [5.41, 5.74) is 0. The van der Waals surface area contributed by atoms with Gasteiger partial charge in [0, 0.05) is 11.6 Å². The maximum Gasteiger partial charge on any atom is 0.257 e. The van der Waals surface area contributed by atoms with E-state index in [1.807, 2.05) is 0 Å². The highest BCUT2D eigenvalue weighted by Crippen LogP contribution is 2.16. The summed E-state index contributed by atoms with van der Waals surface area (Å²) in [5, 5.41) is 3.40. The Bertz CT molecular complexity index is 360. The molecule has 5 heteroatoms. The highest BCUT2D eigenvalue weighted by Gasteiger charge is 2.02. The number of carbonyl (C=O) groups excluding carboxylic acids is 1. The van der Waals surface area contributed by atoms with E-state index in [4.69, 9.17) is 16.3 Å². The predicted octanol–water partition coefficient (Wildman–Crippen LogP) is 3.05. The van der Waals surface area contributed by atoms with Crippen molar-refractivity contribution in [1.29, 1.82) is 0 Å². The van der Waals surface area contributed by atoms with Gasteiger partial charge in [0.2, 0.25) is 0 Å². The topological polar surface area (TPSA) is 38.3 Å². The summed E-state index contributed by atoms with van der Waals surface area (Å²) in [6.07, 6.45) is 2.13. The molecule has 1 aromatic carbocycles. The fourth-order valence-electron chi connectivity index (χ4n) is 1.20. The SMILES string of the molecule is O=C(COc1cccc(Cl)c1)NCCCCI. The highest BCUT2D eigenvalue weighted by molar-refractivity contribution is 14.1. The van der Waals surface area contributed by atoms with Crippen molar-refractivity contribution in [3.63, 3.8) is 0 Å². The minimum atomic E-state index is -0.0987. The first-order valence-electron chi connectivity index (χ1n) is 5.43. The highest BCUT2D eigenvalue weighted by atomic mass is 127. The van der Waals surface area contributed by atoms with Crippen LogP contribution < -0.4 is 10.1 Å².